The van der Waals surface area contributed by atoms with Gasteiger partial charge in [-0.15, -0.1) is 6.58 Å². The fraction of sp³-hybridized carbons (Fsp3) is 0.571. The van der Waals surface area contributed by atoms with Crippen molar-refractivity contribution < 1.29 is 9.53 Å². The van der Waals surface area contributed by atoms with Gasteiger partial charge in [0.2, 0.25) is 5.91 Å². The van der Waals surface area contributed by atoms with E-state index in [0.29, 0.717) is 26.1 Å². The predicted octanol–water partition coefficient (Wildman–Crippen LogP) is -0.0409. The van der Waals surface area contributed by atoms with Crippen LogP contribution < -0.4 is 11.3 Å². The van der Waals surface area contributed by atoms with Crippen molar-refractivity contribution in [1.82, 2.24) is 5.43 Å². The zero-order valence-corrected chi connectivity index (χ0v) is 6.51. The second-order valence-corrected chi connectivity index (χ2v) is 2.03. The van der Waals surface area contributed by atoms with Gasteiger partial charge in [0.05, 0.1) is 6.61 Å². The lowest BCUT2D eigenvalue weighted by Crippen LogP contribution is -2.29. The van der Waals surface area contributed by atoms with E-state index in [-0.39, 0.29) is 5.91 Å². The van der Waals surface area contributed by atoms with Gasteiger partial charge in [0.25, 0.3) is 0 Å². The van der Waals surface area contributed by atoms with Crippen LogP contribution in [0.1, 0.15) is 12.8 Å². The van der Waals surface area contributed by atoms with Gasteiger partial charge < -0.3 is 4.74 Å². The summed E-state index contributed by atoms with van der Waals surface area (Å²) in [6.45, 7) is 4.59. The van der Waals surface area contributed by atoms with Gasteiger partial charge in [0, 0.05) is 13.0 Å². The molecule has 0 atom stereocenters. The van der Waals surface area contributed by atoms with Gasteiger partial charge in [-0.05, 0) is 6.42 Å². The van der Waals surface area contributed by atoms with Crippen LogP contribution in [0.2, 0.25) is 0 Å². The molecule has 0 aromatic heterocycles. The van der Waals surface area contributed by atoms with Crippen LogP contribution in [0.4, 0.5) is 0 Å². The summed E-state index contributed by atoms with van der Waals surface area (Å²) in [5, 5.41) is 0. The number of hydrogen-bond donors (Lipinski definition) is 2. The van der Waals surface area contributed by atoms with Gasteiger partial charge in [0.1, 0.15) is 0 Å². The molecule has 64 valence electrons. The van der Waals surface area contributed by atoms with Crippen LogP contribution in [0.3, 0.4) is 0 Å². The van der Waals surface area contributed by atoms with Gasteiger partial charge in [-0.3, -0.25) is 10.2 Å². The van der Waals surface area contributed by atoms with Crippen molar-refractivity contribution in [3.8, 4) is 0 Å². The zero-order chi connectivity index (χ0) is 8.53. The number of carbonyl (C=O) groups is 1. The van der Waals surface area contributed by atoms with Crippen molar-refractivity contribution in [1.29, 1.82) is 0 Å². The molecule has 0 aliphatic heterocycles. The first kappa shape index (κ1) is 10.1. The first-order valence-corrected chi connectivity index (χ1v) is 3.49. The summed E-state index contributed by atoms with van der Waals surface area (Å²) in [7, 11) is 0. The number of nitrogens with two attached hydrogens (primary N) is 1. The van der Waals surface area contributed by atoms with Crippen molar-refractivity contribution in [2.45, 2.75) is 12.8 Å². The Labute approximate surface area is 66.4 Å². The Morgan fingerprint density at radius 3 is 3.00 bits per heavy atom. The molecule has 0 saturated heterocycles. The molecule has 0 fully saturated rings. The molecule has 0 aliphatic carbocycles. The summed E-state index contributed by atoms with van der Waals surface area (Å²) in [6.07, 6.45) is 2.77. The van der Waals surface area contributed by atoms with Crippen LogP contribution >= 0.6 is 0 Å². The number of rotatable bonds is 6. The highest BCUT2D eigenvalue weighted by atomic mass is 16.5. The molecular weight excluding hydrogens is 144 g/mol. The maximum atomic E-state index is 10.5. The summed E-state index contributed by atoms with van der Waals surface area (Å²) >= 11 is 0. The summed E-state index contributed by atoms with van der Waals surface area (Å²) in [5.74, 6) is 4.70. The minimum Gasteiger partial charge on any atom is -0.377 e. The molecule has 0 radical (unpaired) electrons. The highest BCUT2D eigenvalue weighted by molar-refractivity contribution is 5.75. The number of hydrazine groups is 1. The van der Waals surface area contributed by atoms with Gasteiger partial charge >= 0.3 is 0 Å². The monoisotopic (exact) mass is 158 g/mol. The number of nitrogens with one attached hydrogen (secondary N) is 1. The minimum absolute atomic E-state index is 0.160. The van der Waals surface area contributed by atoms with E-state index in [0.717, 1.165) is 0 Å². The van der Waals surface area contributed by atoms with E-state index in [4.69, 9.17) is 10.6 Å². The maximum absolute atomic E-state index is 10.5. The number of hydrogen-bond acceptors (Lipinski definition) is 3. The highest BCUT2D eigenvalue weighted by Gasteiger charge is 1.95. The minimum atomic E-state index is -0.160. The van der Waals surface area contributed by atoms with Crippen LogP contribution in [0.15, 0.2) is 12.7 Å². The summed E-state index contributed by atoms with van der Waals surface area (Å²) < 4.78 is 5.04. The molecule has 1 amide bonds. The highest BCUT2D eigenvalue weighted by Crippen LogP contribution is 1.89. The van der Waals surface area contributed by atoms with Crippen molar-refractivity contribution in [2.24, 2.45) is 5.84 Å². The van der Waals surface area contributed by atoms with Crippen molar-refractivity contribution >= 4 is 5.91 Å². The maximum Gasteiger partial charge on any atom is 0.233 e. The third kappa shape index (κ3) is 7.02. The molecule has 0 aromatic carbocycles. The predicted molar refractivity (Wildman–Crippen MR) is 42.6 cm³/mol. The molecule has 4 heteroatoms. The molecule has 0 heterocycles. The Kier molecular flexibility index (Phi) is 6.67. The van der Waals surface area contributed by atoms with E-state index >= 15 is 0 Å². The van der Waals surface area contributed by atoms with Crippen LogP contribution in [0.25, 0.3) is 0 Å². The molecule has 0 rings (SSSR count). The quantitative estimate of drug-likeness (QED) is 0.187. The van der Waals surface area contributed by atoms with Crippen molar-refractivity contribution in [3.05, 3.63) is 12.7 Å². The average molecular weight is 158 g/mol. The Bertz CT molecular complexity index is 126. The van der Waals surface area contributed by atoms with Crippen LogP contribution in [0, 0.1) is 0 Å². The molecule has 0 bridgehead atoms. The van der Waals surface area contributed by atoms with Crippen LogP contribution in [-0.4, -0.2) is 19.1 Å². The molecule has 3 N–H and O–H groups in total. The third-order valence-corrected chi connectivity index (χ3v) is 1.09. The SMILES string of the molecule is C=CCOCCCC(=O)NN. The molecular formula is C7H14N2O2. The van der Waals surface area contributed by atoms with E-state index in [1.54, 1.807) is 6.08 Å². The Balaban J connectivity index is 3.01. The van der Waals surface area contributed by atoms with Crippen LogP contribution in [-0.2, 0) is 9.53 Å². The van der Waals surface area contributed by atoms with Gasteiger partial charge in [-0.25, -0.2) is 5.84 Å². The molecule has 0 saturated carbocycles. The van der Waals surface area contributed by atoms with E-state index in [9.17, 15) is 4.79 Å². The first-order valence-electron chi connectivity index (χ1n) is 3.49. The summed E-state index contributed by atoms with van der Waals surface area (Å²) in [5.41, 5.74) is 2.04. The van der Waals surface area contributed by atoms with Crippen molar-refractivity contribution in [3.63, 3.8) is 0 Å². The Morgan fingerprint density at radius 2 is 2.45 bits per heavy atom. The smallest absolute Gasteiger partial charge is 0.233 e. The molecule has 0 aliphatic rings. The zero-order valence-electron chi connectivity index (χ0n) is 6.51. The second-order valence-electron chi connectivity index (χ2n) is 2.03. The largest absolute Gasteiger partial charge is 0.377 e. The lowest BCUT2D eigenvalue weighted by Gasteiger charge is -1.99. The number of carbonyl (C=O) groups excluding carboxylic acids is 1. The fourth-order valence-corrected chi connectivity index (χ4v) is 0.574. The first-order chi connectivity index (χ1) is 5.31. The molecule has 4 nitrogen and oxygen atoms in total. The van der Waals surface area contributed by atoms with Gasteiger partial charge in [0.15, 0.2) is 0 Å². The summed E-state index contributed by atoms with van der Waals surface area (Å²) in [4.78, 5) is 10.5. The Morgan fingerprint density at radius 1 is 1.73 bits per heavy atom. The molecule has 11 heavy (non-hydrogen) atoms. The van der Waals surface area contributed by atoms with Crippen molar-refractivity contribution in [2.75, 3.05) is 13.2 Å². The van der Waals surface area contributed by atoms with E-state index < -0.39 is 0 Å². The third-order valence-electron chi connectivity index (χ3n) is 1.09. The average Bonchev–Trinajstić information content (AvgIpc) is 2.04. The standard InChI is InChI=1S/C7H14N2O2/c1-2-5-11-6-3-4-7(10)9-8/h2H,1,3-6,8H2,(H,9,10). The molecule has 0 spiro atoms. The normalized spacial score (nSPS) is 9.18. The van der Waals surface area contributed by atoms with E-state index in [1.165, 1.54) is 0 Å². The van der Waals surface area contributed by atoms with Gasteiger partial charge in [-0.1, -0.05) is 6.08 Å². The van der Waals surface area contributed by atoms with Crippen LogP contribution in [0.5, 0.6) is 0 Å². The summed E-state index contributed by atoms with van der Waals surface area (Å²) in [6, 6.07) is 0. The lowest BCUT2D eigenvalue weighted by atomic mass is 10.3. The fourth-order valence-electron chi connectivity index (χ4n) is 0.574. The molecule has 0 aromatic rings. The number of ether oxygens (including phenoxy) is 1. The van der Waals surface area contributed by atoms with Gasteiger partial charge in [-0.2, -0.15) is 0 Å². The number of amides is 1. The topological polar surface area (TPSA) is 64.3 Å². The van der Waals surface area contributed by atoms with E-state index in [2.05, 4.69) is 6.58 Å². The lowest BCUT2D eigenvalue weighted by molar-refractivity contribution is -0.121. The Hall–Kier alpha value is -0.870. The van der Waals surface area contributed by atoms with E-state index in [1.807, 2.05) is 5.43 Å². The second kappa shape index (κ2) is 7.24. The molecule has 0 unspecified atom stereocenters.